The number of benzene rings is 1. The Morgan fingerprint density at radius 2 is 1.92 bits per heavy atom. The standard InChI is InChI=1S/C18H26N4O.HI/c1-5-13(4)14-6-8-15(9-7-14)21-18(19)20-11-16-10-17(12(2)3)22-23-16;/h6-10,12-13H,5,11H2,1-4H3,(H3,19,20,21);1H. The molecule has 1 atom stereocenters. The maximum absolute atomic E-state index is 5.92. The number of hydrogen-bond acceptors (Lipinski definition) is 3. The molecule has 2 rings (SSSR count). The van der Waals surface area contributed by atoms with E-state index >= 15 is 0 Å². The van der Waals surface area contributed by atoms with Crippen LogP contribution in [0.4, 0.5) is 5.69 Å². The van der Waals surface area contributed by atoms with Gasteiger partial charge in [-0.15, -0.1) is 24.0 Å². The van der Waals surface area contributed by atoms with Crippen molar-refractivity contribution >= 4 is 35.6 Å². The summed E-state index contributed by atoms with van der Waals surface area (Å²) in [6, 6.07) is 10.2. The van der Waals surface area contributed by atoms with Crippen LogP contribution >= 0.6 is 24.0 Å². The fourth-order valence-corrected chi connectivity index (χ4v) is 2.16. The predicted molar refractivity (Wildman–Crippen MR) is 110 cm³/mol. The van der Waals surface area contributed by atoms with E-state index < -0.39 is 0 Å². The van der Waals surface area contributed by atoms with Crippen LogP contribution in [0.15, 0.2) is 39.8 Å². The molecule has 0 aliphatic heterocycles. The third-order valence-electron chi connectivity index (χ3n) is 3.94. The molecule has 1 unspecified atom stereocenters. The number of nitrogens with zero attached hydrogens (tertiary/aromatic N) is 2. The third kappa shape index (κ3) is 5.81. The Morgan fingerprint density at radius 1 is 1.25 bits per heavy atom. The number of hydrogen-bond donors (Lipinski definition) is 2. The molecule has 3 N–H and O–H groups in total. The highest BCUT2D eigenvalue weighted by molar-refractivity contribution is 14.0. The van der Waals surface area contributed by atoms with E-state index in [4.69, 9.17) is 10.3 Å². The largest absolute Gasteiger partial charge is 0.370 e. The maximum Gasteiger partial charge on any atom is 0.193 e. The van der Waals surface area contributed by atoms with E-state index in [1.165, 1.54) is 5.56 Å². The molecule has 0 fully saturated rings. The molecule has 0 bridgehead atoms. The maximum atomic E-state index is 5.92. The van der Waals surface area contributed by atoms with Crippen LogP contribution in [-0.4, -0.2) is 11.1 Å². The molecule has 0 amide bonds. The first-order valence-electron chi connectivity index (χ1n) is 8.12. The van der Waals surface area contributed by atoms with Crippen molar-refractivity contribution in [3.63, 3.8) is 0 Å². The van der Waals surface area contributed by atoms with Crippen molar-refractivity contribution in [3.05, 3.63) is 47.3 Å². The van der Waals surface area contributed by atoms with Crippen molar-refractivity contribution in [2.24, 2.45) is 10.7 Å². The van der Waals surface area contributed by atoms with Crippen LogP contribution in [0.1, 0.15) is 63.0 Å². The topological polar surface area (TPSA) is 76.4 Å². The molecule has 0 saturated heterocycles. The van der Waals surface area contributed by atoms with Crippen LogP contribution in [0.3, 0.4) is 0 Å². The Bertz CT molecular complexity index is 649. The van der Waals surface area contributed by atoms with E-state index in [9.17, 15) is 0 Å². The van der Waals surface area contributed by atoms with Gasteiger partial charge in [0.1, 0.15) is 6.54 Å². The van der Waals surface area contributed by atoms with Crippen LogP contribution in [0.25, 0.3) is 0 Å². The first-order chi connectivity index (χ1) is 11.0. The van der Waals surface area contributed by atoms with Crippen molar-refractivity contribution in [3.8, 4) is 0 Å². The van der Waals surface area contributed by atoms with E-state index in [0.717, 1.165) is 17.8 Å². The number of anilines is 1. The second kappa shape index (κ2) is 9.66. The van der Waals surface area contributed by atoms with Gasteiger partial charge in [-0.05, 0) is 36.0 Å². The van der Waals surface area contributed by atoms with Crippen molar-refractivity contribution < 1.29 is 4.52 Å². The van der Waals surface area contributed by atoms with E-state index in [1.54, 1.807) is 0 Å². The van der Waals surface area contributed by atoms with Crippen LogP contribution in [-0.2, 0) is 6.54 Å². The molecule has 0 aliphatic carbocycles. The minimum atomic E-state index is 0. The van der Waals surface area contributed by atoms with Crippen molar-refractivity contribution in [1.29, 1.82) is 0 Å². The minimum Gasteiger partial charge on any atom is -0.370 e. The predicted octanol–water partition coefficient (Wildman–Crippen LogP) is 4.86. The van der Waals surface area contributed by atoms with Crippen LogP contribution in [0, 0.1) is 0 Å². The van der Waals surface area contributed by atoms with Gasteiger partial charge in [0, 0.05) is 11.8 Å². The molecule has 6 heteroatoms. The molecule has 0 radical (unpaired) electrons. The normalized spacial score (nSPS) is 12.8. The summed E-state index contributed by atoms with van der Waals surface area (Å²) in [5.41, 5.74) is 9.11. The lowest BCUT2D eigenvalue weighted by Gasteiger charge is -2.10. The summed E-state index contributed by atoms with van der Waals surface area (Å²) >= 11 is 0. The molecule has 132 valence electrons. The quantitative estimate of drug-likeness (QED) is 0.381. The molecule has 1 heterocycles. The van der Waals surface area contributed by atoms with Crippen LogP contribution < -0.4 is 11.1 Å². The summed E-state index contributed by atoms with van der Waals surface area (Å²) < 4.78 is 5.24. The number of guanidine groups is 1. The van der Waals surface area contributed by atoms with Gasteiger partial charge in [-0.2, -0.15) is 0 Å². The Labute approximate surface area is 161 Å². The molecule has 24 heavy (non-hydrogen) atoms. The molecule has 2 aromatic rings. The van der Waals surface area contributed by atoms with Crippen molar-refractivity contribution in [2.45, 2.75) is 52.5 Å². The lowest BCUT2D eigenvalue weighted by molar-refractivity contribution is 0.376. The average Bonchev–Trinajstić information content (AvgIpc) is 3.02. The molecule has 0 spiro atoms. The van der Waals surface area contributed by atoms with E-state index in [1.807, 2.05) is 18.2 Å². The third-order valence-corrected chi connectivity index (χ3v) is 3.94. The van der Waals surface area contributed by atoms with Gasteiger partial charge in [0.05, 0.1) is 5.69 Å². The monoisotopic (exact) mass is 442 g/mol. The van der Waals surface area contributed by atoms with Gasteiger partial charge in [-0.1, -0.05) is 45.0 Å². The van der Waals surface area contributed by atoms with Crippen molar-refractivity contribution in [2.75, 3.05) is 5.32 Å². The highest BCUT2D eigenvalue weighted by Gasteiger charge is 2.07. The number of nitrogens with one attached hydrogen (secondary N) is 1. The van der Waals surface area contributed by atoms with E-state index in [0.29, 0.717) is 30.1 Å². The van der Waals surface area contributed by atoms with Crippen LogP contribution in [0.2, 0.25) is 0 Å². The summed E-state index contributed by atoms with van der Waals surface area (Å²) in [7, 11) is 0. The van der Waals surface area contributed by atoms with Gasteiger partial charge >= 0.3 is 0 Å². The summed E-state index contributed by atoms with van der Waals surface area (Å²) in [4.78, 5) is 4.29. The Morgan fingerprint density at radius 3 is 2.46 bits per heavy atom. The fraction of sp³-hybridized carbons (Fsp3) is 0.444. The second-order valence-electron chi connectivity index (χ2n) is 6.13. The summed E-state index contributed by atoms with van der Waals surface area (Å²) in [6.07, 6.45) is 1.13. The highest BCUT2D eigenvalue weighted by atomic mass is 127. The Balaban J connectivity index is 0.00000288. The first kappa shape index (κ1) is 20.5. The highest BCUT2D eigenvalue weighted by Crippen LogP contribution is 2.20. The van der Waals surface area contributed by atoms with Crippen LogP contribution in [0.5, 0.6) is 0 Å². The number of nitrogens with two attached hydrogens (primary N) is 1. The Kier molecular flexibility index (Phi) is 8.24. The Hall–Kier alpha value is -1.57. The zero-order valence-electron chi connectivity index (χ0n) is 14.7. The molecule has 1 aromatic carbocycles. The fourth-order valence-electron chi connectivity index (χ4n) is 2.16. The number of halogens is 1. The van der Waals surface area contributed by atoms with E-state index in [2.05, 4.69) is 55.3 Å². The number of rotatable bonds is 6. The summed E-state index contributed by atoms with van der Waals surface area (Å²) in [5, 5.41) is 7.10. The molecule has 5 nitrogen and oxygen atoms in total. The van der Waals surface area contributed by atoms with Gasteiger partial charge < -0.3 is 15.6 Å². The van der Waals surface area contributed by atoms with E-state index in [-0.39, 0.29) is 24.0 Å². The first-order valence-corrected chi connectivity index (χ1v) is 8.12. The molecular weight excluding hydrogens is 415 g/mol. The lowest BCUT2D eigenvalue weighted by atomic mass is 9.99. The summed E-state index contributed by atoms with van der Waals surface area (Å²) in [5.74, 6) is 1.99. The zero-order chi connectivity index (χ0) is 16.8. The molecule has 1 aromatic heterocycles. The van der Waals surface area contributed by atoms with Gasteiger partial charge in [-0.25, -0.2) is 4.99 Å². The average molecular weight is 442 g/mol. The SMILES string of the molecule is CCC(C)c1ccc(NC(N)=NCc2cc(C(C)C)no2)cc1.I. The number of aromatic nitrogens is 1. The minimum absolute atomic E-state index is 0. The van der Waals surface area contributed by atoms with Gasteiger partial charge in [-0.3, -0.25) is 0 Å². The van der Waals surface area contributed by atoms with Gasteiger partial charge in [0.2, 0.25) is 0 Å². The van der Waals surface area contributed by atoms with Crippen molar-refractivity contribution in [1.82, 2.24) is 5.16 Å². The molecular formula is C18H27IN4O. The zero-order valence-corrected chi connectivity index (χ0v) is 17.1. The molecule has 0 saturated carbocycles. The van der Waals surface area contributed by atoms with Gasteiger partial charge in [0.15, 0.2) is 11.7 Å². The second-order valence-corrected chi connectivity index (χ2v) is 6.13. The number of aliphatic imine (C=N–C) groups is 1. The molecule has 0 aliphatic rings. The smallest absolute Gasteiger partial charge is 0.193 e. The lowest BCUT2D eigenvalue weighted by Crippen LogP contribution is -2.22. The summed E-state index contributed by atoms with van der Waals surface area (Å²) in [6.45, 7) is 8.94. The van der Waals surface area contributed by atoms with Gasteiger partial charge in [0.25, 0.3) is 0 Å².